The number of aryl methyl sites for hydroxylation is 2. The van der Waals surface area contributed by atoms with Gasteiger partial charge in [0, 0.05) is 30.1 Å². The lowest BCUT2D eigenvalue weighted by Gasteiger charge is -2.17. The largest absolute Gasteiger partial charge is 0.273 e. The maximum atomic E-state index is 12.6. The molecular weight excluding hydrogens is 324 g/mol. The third-order valence-corrected chi connectivity index (χ3v) is 6.23. The van der Waals surface area contributed by atoms with Crippen molar-refractivity contribution >= 4 is 27.0 Å². The lowest BCUT2D eigenvalue weighted by atomic mass is 10.2. The average molecular weight is 340 g/mol. The van der Waals surface area contributed by atoms with E-state index < -0.39 is 14.9 Å². The van der Waals surface area contributed by atoms with Gasteiger partial charge in [-0.3, -0.25) is 10.1 Å². The molecule has 0 N–H and O–H groups in total. The van der Waals surface area contributed by atoms with Gasteiger partial charge in [0.15, 0.2) is 0 Å². The van der Waals surface area contributed by atoms with Crippen molar-refractivity contribution < 1.29 is 13.3 Å². The van der Waals surface area contributed by atoms with Gasteiger partial charge in [0.25, 0.3) is 5.69 Å². The first-order chi connectivity index (χ1) is 10.2. The first-order valence-electron chi connectivity index (χ1n) is 6.48. The van der Waals surface area contributed by atoms with Crippen LogP contribution in [0.1, 0.15) is 16.0 Å². The molecular formula is C14H16N2O4S2. The molecule has 0 bridgehead atoms. The van der Waals surface area contributed by atoms with E-state index in [2.05, 4.69) is 0 Å². The lowest BCUT2D eigenvalue weighted by molar-refractivity contribution is -0.385. The number of nitro groups is 1. The summed E-state index contributed by atoms with van der Waals surface area (Å²) >= 11 is 1.49. The van der Waals surface area contributed by atoms with Gasteiger partial charge >= 0.3 is 0 Å². The lowest BCUT2D eigenvalue weighted by Crippen LogP contribution is -2.26. The van der Waals surface area contributed by atoms with Gasteiger partial charge in [0.2, 0.25) is 10.0 Å². The van der Waals surface area contributed by atoms with Crippen LogP contribution in [0.2, 0.25) is 0 Å². The topological polar surface area (TPSA) is 80.5 Å². The van der Waals surface area contributed by atoms with Crippen LogP contribution in [0.4, 0.5) is 5.69 Å². The fraction of sp³-hybridized carbons (Fsp3) is 0.286. The van der Waals surface area contributed by atoms with Crippen molar-refractivity contribution in [3.05, 3.63) is 55.8 Å². The summed E-state index contributed by atoms with van der Waals surface area (Å²) in [4.78, 5) is 11.3. The van der Waals surface area contributed by atoms with E-state index in [-0.39, 0.29) is 17.1 Å². The van der Waals surface area contributed by atoms with Gasteiger partial charge < -0.3 is 0 Å². The molecule has 0 saturated carbocycles. The highest BCUT2D eigenvalue weighted by Gasteiger charge is 2.24. The summed E-state index contributed by atoms with van der Waals surface area (Å²) in [5, 5.41) is 12.9. The van der Waals surface area contributed by atoms with Gasteiger partial charge in [-0.2, -0.15) is 4.31 Å². The molecule has 1 aromatic heterocycles. The van der Waals surface area contributed by atoms with Gasteiger partial charge in [-0.25, -0.2) is 8.42 Å². The Labute approximate surface area is 133 Å². The van der Waals surface area contributed by atoms with E-state index in [9.17, 15) is 18.5 Å². The highest BCUT2D eigenvalue weighted by Crippen LogP contribution is 2.26. The van der Waals surface area contributed by atoms with Crippen LogP contribution in [0.25, 0.3) is 0 Å². The molecule has 0 unspecified atom stereocenters. The Bertz CT molecular complexity index is 812. The number of rotatable bonds is 5. The van der Waals surface area contributed by atoms with Crippen molar-refractivity contribution in [1.29, 1.82) is 0 Å². The first-order valence-corrected chi connectivity index (χ1v) is 8.80. The number of nitrogens with zero attached hydrogens (tertiary/aromatic N) is 2. The Morgan fingerprint density at radius 2 is 1.91 bits per heavy atom. The summed E-state index contributed by atoms with van der Waals surface area (Å²) in [5.74, 6) is 0. The van der Waals surface area contributed by atoms with Crippen molar-refractivity contribution in [3.8, 4) is 0 Å². The number of hydrogen-bond donors (Lipinski definition) is 0. The van der Waals surface area contributed by atoms with Crippen molar-refractivity contribution in [1.82, 2.24) is 4.31 Å². The van der Waals surface area contributed by atoms with E-state index in [0.29, 0.717) is 5.56 Å². The Balaban J connectivity index is 2.36. The van der Waals surface area contributed by atoms with E-state index in [1.807, 2.05) is 18.4 Å². The van der Waals surface area contributed by atoms with Crippen molar-refractivity contribution in [3.63, 3.8) is 0 Å². The number of sulfonamides is 1. The monoisotopic (exact) mass is 340 g/mol. The average Bonchev–Trinajstić information content (AvgIpc) is 2.84. The van der Waals surface area contributed by atoms with Crippen LogP contribution < -0.4 is 0 Å². The maximum absolute atomic E-state index is 12.6. The second-order valence-corrected chi connectivity index (χ2v) is 8.04. The summed E-state index contributed by atoms with van der Waals surface area (Å²) in [6.45, 7) is 3.74. The molecule has 1 heterocycles. The minimum Gasteiger partial charge on any atom is -0.258 e. The Hall–Kier alpha value is -1.77. The van der Waals surface area contributed by atoms with Crippen LogP contribution in [-0.4, -0.2) is 24.7 Å². The van der Waals surface area contributed by atoms with E-state index in [0.717, 1.165) is 16.5 Å². The zero-order valence-electron chi connectivity index (χ0n) is 12.4. The molecule has 0 radical (unpaired) electrons. The fourth-order valence-corrected chi connectivity index (χ4v) is 4.18. The second-order valence-electron chi connectivity index (χ2n) is 4.99. The van der Waals surface area contributed by atoms with Gasteiger partial charge in [0.05, 0.1) is 9.82 Å². The van der Waals surface area contributed by atoms with E-state index in [1.54, 1.807) is 6.92 Å². The fourth-order valence-electron chi connectivity index (χ4n) is 1.98. The molecule has 2 rings (SSSR count). The number of nitro benzene ring substituents is 1. The minimum atomic E-state index is -3.77. The predicted molar refractivity (Wildman–Crippen MR) is 85.5 cm³/mol. The van der Waals surface area contributed by atoms with Crippen molar-refractivity contribution in [2.75, 3.05) is 7.05 Å². The standard InChI is InChI=1S/C14H16N2O4S2/c1-10-4-5-12(8-13(10)16(17)18)22(19,20)15(3)9-14-11(2)6-7-21-14/h4-8H,9H2,1-3H3. The maximum Gasteiger partial charge on any atom is 0.273 e. The van der Waals surface area contributed by atoms with Gasteiger partial charge in [0.1, 0.15) is 0 Å². The molecule has 2 aromatic rings. The van der Waals surface area contributed by atoms with Crippen LogP contribution in [0.3, 0.4) is 0 Å². The molecule has 0 saturated heterocycles. The molecule has 0 spiro atoms. The van der Waals surface area contributed by atoms with Crippen LogP contribution >= 0.6 is 11.3 Å². The normalized spacial score (nSPS) is 11.8. The summed E-state index contributed by atoms with van der Waals surface area (Å²) < 4.78 is 26.3. The molecule has 0 aliphatic heterocycles. The SMILES string of the molecule is Cc1ccc(S(=O)(=O)N(C)Cc2sccc2C)cc1[N+](=O)[O-]. The van der Waals surface area contributed by atoms with Crippen LogP contribution in [-0.2, 0) is 16.6 Å². The molecule has 118 valence electrons. The summed E-state index contributed by atoms with van der Waals surface area (Å²) in [6, 6.07) is 5.89. The Morgan fingerprint density at radius 1 is 1.23 bits per heavy atom. The summed E-state index contributed by atoms with van der Waals surface area (Å²) in [6.07, 6.45) is 0. The number of benzene rings is 1. The summed E-state index contributed by atoms with van der Waals surface area (Å²) in [5.41, 5.74) is 1.27. The quantitative estimate of drug-likeness (QED) is 0.619. The smallest absolute Gasteiger partial charge is 0.258 e. The van der Waals surface area contributed by atoms with Gasteiger partial charge in [-0.15, -0.1) is 11.3 Å². The molecule has 0 aliphatic carbocycles. The molecule has 22 heavy (non-hydrogen) atoms. The first kappa shape index (κ1) is 16.6. The van der Waals surface area contributed by atoms with Crippen molar-refractivity contribution in [2.45, 2.75) is 25.3 Å². The highest BCUT2D eigenvalue weighted by atomic mass is 32.2. The van der Waals surface area contributed by atoms with E-state index in [1.165, 1.54) is 34.8 Å². The summed E-state index contributed by atoms with van der Waals surface area (Å²) in [7, 11) is -2.30. The Morgan fingerprint density at radius 3 is 2.45 bits per heavy atom. The number of thiophene rings is 1. The van der Waals surface area contributed by atoms with Crippen LogP contribution in [0.15, 0.2) is 34.5 Å². The molecule has 0 fully saturated rings. The van der Waals surface area contributed by atoms with Crippen LogP contribution in [0.5, 0.6) is 0 Å². The number of hydrogen-bond acceptors (Lipinski definition) is 5. The zero-order valence-corrected chi connectivity index (χ0v) is 14.1. The van der Waals surface area contributed by atoms with Gasteiger partial charge in [-0.05, 0) is 36.9 Å². The van der Waals surface area contributed by atoms with Gasteiger partial charge in [-0.1, -0.05) is 6.07 Å². The second kappa shape index (κ2) is 6.15. The zero-order chi connectivity index (χ0) is 16.5. The molecule has 0 atom stereocenters. The molecule has 1 aromatic carbocycles. The third-order valence-electron chi connectivity index (χ3n) is 3.42. The van der Waals surface area contributed by atoms with E-state index >= 15 is 0 Å². The highest BCUT2D eigenvalue weighted by molar-refractivity contribution is 7.89. The van der Waals surface area contributed by atoms with Crippen LogP contribution in [0, 0.1) is 24.0 Å². The third kappa shape index (κ3) is 3.18. The molecule has 6 nitrogen and oxygen atoms in total. The molecule has 0 amide bonds. The predicted octanol–water partition coefficient (Wildman–Crippen LogP) is 3.09. The molecule has 0 aliphatic rings. The minimum absolute atomic E-state index is 0.0680. The van der Waals surface area contributed by atoms with E-state index in [4.69, 9.17) is 0 Å². The van der Waals surface area contributed by atoms with Crippen molar-refractivity contribution in [2.24, 2.45) is 0 Å². The Kier molecular flexibility index (Phi) is 4.64. The molecule has 8 heteroatoms.